The number of hydrogen-bond acceptors (Lipinski definition) is 2. The number of rotatable bonds is 2. The molecule has 0 aromatic carbocycles. The van der Waals surface area contributed by atoms with E-state index in [9.17, 15) is 0 Å². The van der Waals surface area contributed by atoms with E-state index in [4.69, 9.17) is 0 Å². The summed E-state index contributed by atoms with van der Waals surface area (Å²) < 4.78 is 0. The summed E-state index contributed by atoms with van der Waals surface area (Å²) in [5.41, 5.74) is 2.77. The standard InChI is InChI=1S/C12H16N2/c1-3-9-4-2-8-13-12(9)11(5-1)14-10-6-7-10/h2,4,8,10-11,14H,1,3,5-7H2/t11-/m1/s1. The van der Waals surface area contributed by atoms with Gasteiger partial charge in [0.15, 0.2) is 0 Å². The summed E-state index contributed by atoms with van der Waals surface area (Å²) in [5.74, 6) is 0. The normalized spacial score (nSPS) is 25.9. The van der Waals surface area contributed by atoms with Gasteiger partial charge in [-0.1, -0.05) is 6.07 Å². The quantitative estimate of drug-likeness (QED) is 0.769. The van der Waals surface area contributed by atoms with Crippen LogP contribution < -0.4 is 5.32 Å². The van der Waals surface area contributed by atoms with E-state index in [1.165, 1.54) is 43.4 Å². The molecule has 0 amide bonds. The lowest BCUT2D eigenvalue weighted by atomic mass is 9.92. The van der Waals surface area contributed by atoms with Gasteiger partial charge in [0.25, 0.3) is 0 Å². The highest BCUT2D eigenvalue weighted by Crippen LogP contribution is 2.31. The molecule has 1 atom stereocenters. The van der Waals surface area contributed by atoms with Gasteiger partial charge in [0.05, 0.1) is 5.69 Å². The molecule has 0 aliphatic heterocycles. The third kappa shape index (κ3) is 1.55. The molecular formula is C12H16N2. The topological polar surface area (TPSA) is 24.9 Å². The van der Waals surface area contributed by atoms with Crippen molar-refractivity contribution in [3.8, 4) is 0 Å². The van der Waals surface area contributed by atoms with Crippen molar-refractivity contribution in [3.05, 3.63) is 29.6 Å². The predicted octanol–water partition coefficient (Wildman–Crippen LogP) is 2.21. The molecule has 1 fully saturated rings. The predicted molar refractivity (Wildman–Crippen MR) is 56.1 cm³/mol. The molecule has 14 heavy (non-hydrogen) atoms. The summed E-state index contributed by atoms with van der Waals surface area (Å²) >= 11 is 0. The van der Waals surface area contributed by atoms with Gasteiger partial charge < -0.3 is 5.32 Å². The highest BCUT2D eigenvalue weighted by Gasteiger charge is 2.28. The maximum Gasteiger partial charge on any atom is 0.0605 e. The first-order chi connectivity index (χ1) is 6.93. The van der Waals surface area contributed by atoms with E-state index in [1.54, 1.807) is 0 Å². The maximum absolute atomic E-state index is 4.52. The van der Waals surface area contributed by atoms with Crippen LogP contribution in [0.4, 0.5) is 0 Å². The van der Waals surface area contributed by atoms with E-state index in [0.29, 0.717) is 6.04 Å². The van der Waals surface area contributed by atoms with Gasteiger partial charge in [-0.05, 0) is 43.7 Å². The molecule has 2 aliphatic carbocycles. The summed E-state index contributed by atoms with van der Waals surface area (Å²) in [6.45, 7) is 0. The Hall–Kier alpha value is -0.890. The van der Waals surface area contributed by atoms with Crippen LogP contribution in [0.2, 0.25) is 0 Å². The van der Waals surface area contributed by atoms with Crippen molar-refractivity contribution in [2.45, 2.75) is 44.2 Å². The smallest absolute Gasteiger partial charge is 0.0605 e. The number of nitrogens with one attached hydrogen (secondary N) is 1. The average molecular weight is 188 g/mol. The molecule has 74 valence electrons. The molecule has 1 heterocycles. The Morgan fingerprint density at radius 1 is 1.29 bits per heavy atom. The summed E-state index contributed by atoms with van der Waals surface area (Å²) in [6.07, 6.45) is 8.43. The Morgan fingerprint density at radius 3 is 3.07 bits per heavy atom. The van der Waals surface area contributed by atoms with Gasteiger partial charge in [0.2, 0.25) is 0 Å². The van der Waals surface area contributed by atoms with Crippen molar-refractivity contribution >= 4 is 0 Å². The highest BCUT2D eigenvalue weighted by atomic mass is 15.0. The van der Waals surface area contributed by atoms with Crippen LogP contribution in [0, 0.1) is 0 Å². The molecule has 1 aromatic heterocycles. The zero-order valence-electron chi connectivity index (χ0n) is 8.37. The van der Waals surface area contributed by atoms with E-state index in [1.807, 2.05) is 6.20 Å². The van der Waals surface area contributed by atoms with Gasteiger partial charge >= 0.3 is 0 Å². The maximum atomic E-state index is 4.52. The van der Waals surface area contributed by atoms with Gasteiger partial charge in [-0.3, -0.25) is 4.98 Å². The zero-order valence-corrected chi connectivity index (χ0v) is 8.37. The van der Waals surface area contributed by atoms with Crippen LogP contribution in [0.3, 0.4) is 0 Å². The molecule has 2 aliphatic rings. The Balaban J connectivity index is 1.85. The number of aryl methyl sites for hydroxylation is 1. The molecule has 0 spiro atoms. The summed E-state index contributed by atoms with van der Waals surface area (Å²) in [7, 11) is 0. The van der Waals surface area contributed by atoms with Crippen LogP contribution in [-0.4, -0.2) is 11.0 Å². The average Bonchev–Trinajstić information content (AvgIpc) is 3.03. The lowest BCUT2D eigenvalue weighted by Crippen LogP contribution is -2.27. The van der Waals surface area contributed by atoms with E-state index in [-0.39, 0.29) is 0 Å². The van der Waals surface area contributed by atoms with Crippen LogP contribution in [0.1, 0.15) is 43.0 Å². The summed E-state index contributed by atoms with van der Waals surface area (Å²) in [5, 5.41) is 3.69. The molecule has 1 aromatic rings. The van der Waals surface area contributed by atoms with Crippen LogP contribution in [0.5, 0.6) is 0 Å². The van der Waals surface area contributed by atoms with Gasteiger partial charge in [0, 0.05) is 18.3 Å². The second-order valence-corrected chi connectivity index (χ2v) is 4.43. The monoisotopic (exact) mass is 188 g/mol. The number of fused-ring (bicyclic) bond motifs is 1. The first kappa shape index (κ1) is 8.42. The zero-order chi connectivity index (χ0) is 9.38. The fraction of sp³-hybridized carbons (Fsp3) is 0.583. The van der Waals surface area contributed by atoms with Crippen molar-refractivity contribution in [3.63, 3.8) is 0 Å². The molecule has 1 saturated carbocycles. The van der Waals surface area contributed by atoms with E-state index in [0.717, 1.165) is 6.04 Å². The molecule has 3 rings (SSSR count). The number of aromatic nitrogens is 1. The Bertz CT molecular complexity index is 331. The second kappa shape index (κ2) is 3.35. The third-order valence-electron chi connectivity index (χ3n) is 3.21. The second-order valence-electron chi connectivity index (χ2n) is 4.43. The lowest BCUT2D eigenvalue weighted by Gasteiger charge is -2.25. The number of pyridine rings is 1. The van der Waals surface area contributed by atoms with Crippen LogP contribution in [0.25, 0.3) is 0 Å². The largest absolute Gasteiger partial charge is 0.306 e. The molecule has 0 bridgehead atoms. The molecule has 2 nitrogen and oxygen atoms in total. The van der Waals surface area contributed by atoms with E-state index in [2.05, 4.69) is 22.4 Å². The minimum Gasteiger partial charge on any atom is -0.306 e. The fourth-order valence-electron chi connectivity index (χ4n) is 2.31. The van der Waals surface area contributed by atoms with Crippen LogP contribution in [-0.2, 0) is 6.42 Å². The Morgan fingerprint density at radius 2 is 2.21 bits per heavy atom. The minimum atomic E-state index is 0.535. The fourth-order valence-corrected chi connectivity index (χ4v) is 2.31. The number of nitrogens with zero attached hydrogens (tertiary/aromatic N) is 1. The highest BCUT2D eigenvalue weighted by molar-refractivity contribution is 5.25. The molecule has 0 saturated heterocycles. The molecular weight excluding hydrogens is 172 g/mol. The minimum absolute atomic E-state index is 0.535. The Kier molecular flexibility index (Phi) is 2.02. The summed E-state index contributed by atoms with van der Waals surface area (Å²) in [6, 6.07) is 5.60. The van der Waals surface area contributed by atoms with Gasteiger partial charge in [0.1, 0.15) is 0 Å². The van der Waals surface area contributed by atoms with E-state index < -0.39 is 0 Å². The van der Waals surface area contributed by atoms with Gasteiger partial charge in [-0.25, -0.2) is 0 Å². The van der Waals surface area contributed by atoms with Crippen molar-refractivity contribution in [1.82, 2.24) is 10.3 Å². The van der Waals surface area contributed by atoms with Crippen LogP contribution >= 0.6 is 0 Å². The third-order valence-corrected chi connectivity index (χ3v) is 3.21. The molecule has 2 heteroatoms. The van der Waals surface area contributed by atoms with Crippen molar-refractivity contribution in [2.24, 2.45) is 0 Å². The lowest BCUT2D eigenvalue weighted by molar-refractivity contribution is 0.446. The van der Waals surface area contributed by atoms with Gasteiger partial charge in [-0.2, -0.15) is 0 Å². The van der Waals surface area contributed by atoms with Gasteiger partial charge in [-0.15, -0.1) is 0 Å². The Labute approximate surface area is 84.7 Å². The van der Waals surface area contributed by atoms with E-state index >= 15 is 0 Å². The van der Waals surface area contributed by atoms with Crippen molar-refractivity contribution in [1.29, 1.82) is 0 Å². The van der Waals surface area contributed by atoms with Crippen LogP contribution in [0.15, 0.2) is 18.3 Å². The molecule has 1 N–H and O–H groups in total. The van der Waals surface area contributed by atoms with Crippen molar-refractivity contribution < 1.29 is 0 Å². The summed E-state index contributed by atoms with van der Waals surface area (Å²) in [4.78, 5) is 4.52. The SMILES string of the molecule is c1cnc2c(c1)CCC[C@H]2NC1CC1. The molecule has 0 unspecified atom stereocenters. The number of hydrogen-bond donors (Lipinski definition) is 1. The first-order valence-electron chi connectivity index (χ1n) is 5.63. The first-order valence-corrected chi connectivity index (χ1v) is 5.63. The van der Waals surface area contributed by atoms with Crippen molar-refractivity contribution in [2.75, 3.05) is 0 Å². The molecule has 0 radical (unpaired) electrons.